The molecule has 0 bridgehead atoms. The number of thioether (sulfide) groups is 1. The Hall–Kier alpha value is -0.850. The minimum Gasteiger partial charge on any atom is -0.378 e. The molecule has 7 heteroatoms. The molecule has 20 heavy (non-hydrogen) atoms. The fourth-order valence-corrected chi connectivity index (χ4v) is 3.16. The van der Waals surface area contributed by atoms with Crippen molar-refractivity contribution in [2.45, 2.75) is 23.4 Å². The van der Waals surface area contributed by atoms with E-state index in [2.05, 4.69) is 5.32 Å². The van der Waals surface area contributed by atoms with Crippen molar-refractivity contribution in [3.8, 4) is 0 Å². The quantitative estimate of drug-likeness (QED) is 0.668. The van der Waals surface area contributed by atoms with Crippen LogP contribution in [0.1, 0.15) is 18.5 Å². The van der Waals surface area contributed by atoms with Crippen LogP contribution in [0, 0.1) is 0 Å². The third-order valence-electron chi connectivity index (χ3n) is 2.56. The highest BCUT2D eigenvalue weighted by Gasteiger charge is 2.29. The third kappa shape index (κ3) is 4.61. The first-order valence-electron chi connectivity index (χ1n) is 5.70. The van der Waals surface area contributed by atoms with Crippen molar-refractivity contribution in [1.29, 1.82) is 0 Å². The predicted octanol–water partition coefficient (Wildman–Crippen LogP) is 6.19. The van der Waals surface area contributed by atoms with Gasteiger partial charge in [0.2, 0.25) is 0 Å². The molecule has 2 rings (SSSR count). The second-order valence-corrected chi connectivity index (χ2v) is 6.80. The first kappa shape index (κ1) is 15.5. The van der Waals surface area contributed by atoms with Crippen molar-refractivity contribution in [2.24, 2.45) is 0 Å². The monoisotopic (exact) mass is 337 g/mol. The highest BCUT2D eigenvalue weighted by atomic mass is 35.5. The first-order chi connectivity index (χ1) is 9.33. The minimum absolute atomic E-state index is 0.0415. The number of nitrogens with one attached hydrogen (secondary N) is 1. The molecule has 0 aliphatic carbocycles. The largest absolute Gasteiger partial charge is 0.446 e. The van der Waals surface area contributed by atoms with Gasteiger partial charge in [-0.05, 0) is 60.0 Å². The lowest BCUT2D eigenvalue weighted by Crippen LogP contribution is -2.05. The number of thiophene rings is 1. The van der Waals surface area contributed by atoms with E-state index in [1.165, 1.54) is 23.5 Å². The molecule has 0 saturated heterocycles. The summed E-state index contributed by atoms with van der Waals surface area (Å²) in [6, 6.07) is 8.09. The van der Waals surface area contributed by atoms with Crippen LogP contribution in [0.2, 0.25) is 4.34 Å². The van der Waals surface area contributed by atoms with Crippen molar-refractivity contribution in [1.82, 2.24) is 0 Å². The van der Waals surface area contributed by atoms with Gasteiger partial charge in [0.25, 0.3) is 0 Å². The smallest absolute Gasteiger partial charge is 0.378 e. The molecule has 0 radical (unpaired) electrons. The van der Waals surface area contributed by atoms with Crippen molar-refractivity contribution in [3.05, 3.63) is 45.6 Å². The van der Waals surface area contributed by atoms with Crippen LogP contribution in [0.5, 0.6) is 0 Å². The molecule has 1 nitrogen and oxygen atoms in total. The molecule has 1 N–H and O–H groups in total. The zero-order valence-corrected chi connectivity index (χ0v) is 12.8. The summed E-state index contributed by atoms with van der Waals surface area (Å²) in [4.78, 5) is 0.175. The summed E-state index contributed by atoms with van der Waals surface area (Å²) in [5, 5.41) is 5.17. The number of hydrogen-bond acceptors (Lipinski definition) is 3. The van der Waals surface area contributed by atoms with Gasteiger partial charge < -0.3 is 5.32 Å². The second kappa shape index (κ2) is 6.28. The summed E-state index contributed by atoms with van der Waals surface area (Å²) < 4.78 is 37.3. The van der Waals surface area contributed by atoms with Crippen LogP contribution in [-0.4, -0.2) is 5.51 Å². The molecule has 108 valence electrons. The van der Waals surface area contributed by atoms with E-state index < -0.39 is 5.51 Å². The Morgan fingerprint density at radius 3 is 2.40 bits per heavy atom. The van der Waals surface area contributed by atoms with E-state index in [0.29, 0.717) is 4.34 Å². The summed E-state index contributed by atoms with van der Waals surface area (Å²) in [5.41, 5.74) is -2.43. The lowest BCUT2D eigenvalue weighted by atomic mass is 10.1. The van der Waals surface area contributed by atoms with Crippen LogP contribution in [-0.2, 0) is 0 Å². The molecule has 1 aromatic heterocycles. The highest BCUT2D eigenvalue weighted by molar-refractivity contribution is 8.00. The summed E-state index contributed by atoms with van der Waals surface area (Å²) >= 11 is 7.20. The predicted molar refractivity (Wildman–Crippen MR) is 79.7 cm³/mol. The summed E-state index contributed by atoms with van der Waals surface area (Å²) in [5.74, 6) is 0. The van der Waals surface area contributed by atoms with Gasteiger partial charge in [-0.3, -0.25) is 0 Å². The Morgan fingerprint density at radius 1 is 1.25 bits per heavy atom. The fraction of sp³-hybridized carbons (Fsp3) is 0.231. The Labute approximate surface area is 128 Å². The number of alkyl halides is 3. The SMILES string of the molecule is CC(Nc1ccc(SC(F)(F)F)cc1)c1csc(Cl)c1. The van der Waals surface area contributed by atoms with E-state index in [0.717, 1.165) is 11.3 Å². The molecule has 1 heterocycles. The Morgan fingerprint density at radius 2 is 1.90 bits per heavy atom. The molecular weight excluding hydrogens is 327 g/mol. The van der Waals surface area contributed by atoms with E-state index in [9.17, 15) is 13.2 Å². The first-order valence-corrected chi connectivity index (χ1v) is 7.77. The van der Waals surface area contributed by atoms with Crippen molar-refractivity contribution >= 4 is 40.4 Å². The van der Waals surface area contributed by atoms with Gasteiger partial charge in [0.15, 0.2) is 0 Å². The molecule has 1 unspecified atom stereocenters. The number of rotatable bonds is 4. The van der Waals surface area contributed by atoms with Crippen LogP contribution in [0.25, 0.3) is 0 Å². The third-order valence-corrected chi connectivity index (χ3v) is 4.41. The highest BCUT2D eigenvalue weighted by Crippen LogP contribution is 2.37. The average Bonchev–Trinajstić information content (AvgIpc) is 2.77. The van der Waals surface area contributed by atoms with Crippen LogP contribution in [0.3, 0.4) is 0 Å². The van der Waals surface area contributed by atoms with Crippen molar-refractivity contribution in [2.75, 3.05) is 5.32 Å². The summed E-state index contributed by atoms with van der Waals surface area (Å²) in [7, 11) is 0. The van der Waals surface area contributed by atoms with E-state index in [-0.39, 0.29) is 22.7 Å². The Kier molecular flexibility index (Phi) is 4.88. The van der Waals surface area contributed by atoms with Crippen LogP contribution < -0.4 is 5.32 Å². The molecule has 0 aliphatic heterocycles. The maximum absolute atomic E-state index is 12.2. The summed E-state index contributed by atoms with van der Waals surface area (Å²) in [6.07, 6.45) is 0. The Balaban J connectivity index is 2.00. The minimum atomic E-state index is -4.25. The molecule has 0 aliphatic rings. The van der Waals surface area contributed by atoms with Crippen LogP contribution in [0.4, 0.5) is 18.9 Å². The Bertz CT molecular complexity index is 566. The van der Waals surface area contributed by atoms with Gasteiger partial charge in [0.1, 0.15) is 0 Å². The number of benzene rings is 1. The van der Waals surface area contributed by atoms with Crippen molar-refractivity contribution < 1.29 is 13.2 Å². The zero-order chi connectivity index (χ0) is 14.8. The van der Waals surface area contributed by atoms with Gasteiger partial charge in [-0.1, -0.05) is 11.6 Å². The maximum atomic E-state index is 12.2. The topological polar surface area (TPSA) is 12.0 Å². The van der Waals surface area contributed by atoms with Gasteiger partial charge in [-0.15, -0.1) is 11.3 Å². The van der Waals surface area contributed by atoms with E-state index in [4.69, 9.17) is 11.6 Å². The molecular formula is C13H11ClF3NS2. The second-order valence-electron chi connectivity index (χ2n) is 4.12. The number of anilines is 1. The maximum Gasteiger partial charge on any atom is 0.446 e. The van der Waals surface area contributed by atoms with Gasteiger partial charge in [-0.2, -0.15) is 13.2 Å². The average molecular weight is 338 g/mol. The van der Waals surface area contributed by atoms with Gasteiger partial charge in [0.05, 0.1) is 4.34 Å². The van der Waals surface area contributed by atoms with Crippen LogP contribution >= 0.6 is 34.7 Å². The molecule has 0 saturated carbocycles. The van der Waals surface area contributed by atoms with E-state index in [1.54, 1.807) is 12.1 Å². The zero-order valence-electron chi connectivity index (χ0n) is 10.4. The number of halogens is 4. The molecule has 1 atom stereocenters. The lowest BCUT2D eigenvalue weighted by molar-refractivity contribution is -0.0328. The lowest BCUT2D eigenvalue weighted by Gasteiger charge is -2.14. The van der Waals surface area contributed by atoms with E-state index in [1.807, 2.05) is 18.4 Å². The molecule has 0 fully saturated rings. The number of hydrogen-bond donors (Lipinski definition) is 1. The van der Waals surface area contributed by atoms with Gasteiger partial charge in [-0.25, -0.2) is 0 Å². The van der Waals surface area contributed by atoms with Crippen molar-refractivity contribution in [3.63, 3.8) is 0 Å². The normalized spacial score (nSPS) is 13.2. The van der Waals surface area contributed by atoms with Gasteiger partial charge in [0, 0.05) is 16.6 Å². The van der Waals surface area contributed by atoms with Crippen LogP contribution in [0.15, 0.2) is 40.6 Å². The van der Waals surface area contributed by atoms with Gasteiger partial charge >= 0.3 is 5.51 Å². The van der Waals surface area contributed by atoms with E-state index >= 15 is 0 Å². The summed E-state index contributed by atoms with van der Waals surface area (Å²) in [6.45, 7) is 1.97. The fourth-order valence-electron chi connectivity index (χ4n) is 1.64. The molecule has 2 aromatic rings. The molecule has 1 aromatic carbocycles. The molecule has 0 amide bonds. The standard InChI is InChI=1S/C13H11ClF3NS2/c1-8(9-6-12(14)19-7-9)18-10-2-4-11(5-3-10)20-13(15,16)17/h2-8,18H,1H3. The molecule has 0 spiro atoms.